The number of rotatable bonds is 0. The first-order chi connectivity index (χ1) is 0. The van der Waals surface area contributed by atoms with Crippen LogP contribution in [0.15, 0.2) is 0 Å². The molecule has 0 aromatic carbocycles. The third-order valence-electron chi connectivity index (χ3n) is 0. The van der Waals surface area contributed by atoms with Gasteiger partial charge in [0.2, 0.25) is 0 Å². The number of hydrogen-bond donors (Lipinski definition) is 0. The predicted octanol–water partition coefficient (Wildman–Crippen LogP) is -0.767. The summed E-state index contributed by atoms with van der Waals surface area (Å²) in [5.74, 6) is 0. The molecule has 0 unspecified atom stereocenters. The summed E-state index contributed by atoms with van der Waals surface area (Å²) in [6.45, 7) is 0. The van der Waals surface area contributed by atoms with Crippen LogP contribution in [0.4, 0.5) is 0 Å². The molecule has 3 radical (unpaired) electrons. The van der Waals surface area contributed by atoms with E-state index < -0.39 is 0 Å². The van der Waals surface area contributed by atoms with Crippen LogP contribution in [0.5, 0.6) is 0 Å². The summed E-state index contributed by atoms with van der Waals surface area (Å²) < 4.78 is 0. The van der Waals surface area contributed by atoms with Gasteiger partial charge in [-0.2, -0.15) is 0 Å². The summed E-state index contributed by atoms with van der Waals surface area (Å²) in [6, 6.07) is 0. The molecule has 0 aromatic rings. The summed E-state index contributed by atoms with van der Waals surface area (Å²) in [6.07, 6.45) is 0. The van der Waals surface area contributed by atoms with Crippen molar-refractivity contribution in [2.45, 2.75) is 0 Å². The number of hydrogen-bond acceptors (Lipinski definition) is 0. The minimum Gasteiger partial charge on any atom is 0 e. The van der Waals surface area contributed by atoms with Crippen molar-refractivity contribution in [3.63, 3.8) is 0 Å². The third-order valence-corrected chi connectivity index (χ3v) is 0. The minimum absolute atomic E-state index is 0. The van der Waals surface area contributed by atoms with Gasteiger partial charge in [-0.1, -0.05) is 0 Å². The molecule has 0 atom stereocenters. The largest absolute Gasteiger partial charge is 0 e. The smallest absolute Gasteiger partial charge is 0 e. The second kappa shape index (κ2) is 22.7. The van der Waals surface area contributed by atoms with E-state index in [-0.39, 0.29) is 169 Å². The molecule has 0 bridgehead atoms. The van der Waals surface area contributed by atoms with Crippen LogP contribution in [0.25, 0.3) is 0 Å². The van der Waals surface area contributed by atoms with Gasteiger partial charge >= 0.3 is 0 Å². The maximum atomic E-state index is 0. The van der Waals surface area contributed by atoms with Gasteiger partial charge in [-0.3, -0.25) is 0 Å². The van der Waals surface area contributed by atoms with E-state index in [1.165, 1.54) is 0 Å². The molecule has 0 saturated heterocycles. The van der Waals surface area contributed by atoms with Gasteiger partial charge in [0.25, 0.3) is 0 Å². The Morgan fingerprint density at radius 2 is 1.00 bits per heavy atom. The van der Waals surface area contributed by atoms with Crippen LogP contribution in [-0.2, 0) is 38.1 Å². The zero-order chi connectivity index (χ0) is 0. The van der Waals surface area contributed by atoms with Crippen molar-refractivity contribution >= 4 is 89.1 Å². The van der Waals surface area contributed by atoms with Gasteiger partial charge in [0.05, 0.1) is 0 Å². The van der Waals surface area contributed by atoms with Gasteiger partial charge in [-0.25, -0.2) is 0 Å². The molecule has 0 aromatic heterocycles. The normalized spacial score (nSPS) is 0. The maximum absolute atomic E-state index is 0. The monoisotopic (exact) mass is 373 g/mol. The van der Waals surface area contributed by atoms with Crippen molar-refractivity contribution in [3.05, 3.63) is 0 Å². The van der Waals surface area contributed by atoms with E-state index in [1.54, 1.807) is 0 Å². The van der Waals surface area contributed by atoms with E-state index in [4.69, 9.17) is 0 Å². The Morgan fingerprint density at radius 1 is 1.00 bits per heavy atom. The summed E-state index contributed by atoms with van der Waals surface area (Å²) in [5, 5.41) is 0. The van der Waals surface area contributed by atoms with Crippen LogP contribution >= 0.6 is 0 Å². The summed E-state index contributed by atoms with van der Waals surface area (Å²) in [4.78, 5) is 0. The molecule has 0 aliphatic carbocycles. The molecule has 0 heterocycles. The second-order valence-corrected chi connectivity index (χ2v) is 0. The Kier molecular flexibility index (Phi) is 142. The van der Waals surface area contributed by atoms with Crippen molar-refractivity contribution in [3.8, 4) is 0 Å². The quantitative estimate of drug-likeness (QED) is 0.491. The molecule has 0 fully saturated rings. The zero-order valence-corrected chi connectivity index (χ0v) is 14.6. The summed E-state index contributed by atoms with van der Waals surface area (Å²) >= 11 is 0. The van der Waals surface area contributed by atoms with E-state index in [1.807, 2.05) is 0 Å². The molecule has 0 rings (SSSR count). The van der Waals surface area contributed by atoms with E-state index >= 15 is 0 Å². The standard InChI is InChI=1S/Ca.Ce.Fe.K.Mo. The Balaban J connectivity index is 0. The topological polar surface area (TPSA) is 0 Å². The molecule has 0 nitrogen and oxygen atoms in total. The van der Waals surface area contributed by atoms with E-state index in [9.17, 15) is 0 Å². The van der Waals surface area contributed by atoms with Crippen LogP contribution in [0.3, 0.4) is 0 Å². The van der Waals surface area contributed by atoms with Crippen molar-refractivity contribution in [2.75, 3.05) is 0 Å². The van der Waals surface area contributed by atoms with Crippen molar-refractivity contribution < 1.29 is 79.9 Å². The second-order valence-electron chi connectivity index (χ2n) is 0. The van der Waals surface area contributed by atoms with Crippen LogP contribution < -0.4 is 0 Å². The van der Waals surface area contributed by atoms with Gasteiger partial charge < -0.3 is 0 Å². The molecule has 5 heteroatoms. The first-order valence-electron chi connectivity index (χ1n) is 0. The molecule has 0 aliphatic heterocycles. The van der Waals surface area contributed by atoms with Crippen molar-refractivity contribution in [1.29, 1.82) is 0 Å². The van der Waals surface area contributed by atoms with Gasteiger partial charge in [0, 0.05) is 169 Å². The first kappa shape index (κ1) is 31.4. The zero-order valence-electron chi connectivity index (χ0n) is 2.97. The molecule has 0 saturated carbocycles. The maximum Gasteiger partial charge on any atom is 0 e. The summed E-state index contributed by atoms with van der Waals surface area (Å²) in [7, 11) is 0. The summed E-state index contributed by atoms with van der Waals surface area (Å²) in [5.41, 5.74) is 0. The fourth-order valence-electron chi connectivity index (χ4n) is 0. The molecule has 0 spiro atoms. The van der Waals surface area contributed by atoms with Gasteiger partial charge in [-0.15, -0.1) is 0 Å². The van der Waals surface area contributed by atoms with Crippen LogP contribution in [0, 0.1) is 41.7 Å². The Hall–Kier alpha value is 5.48. The van der Waals surface area contributed by atoms with Crippen molar-refractivity contribution in [1.82, 2.24) is 0 Å². The molecular weight excluding hydrogens is 371 g/mol. The minimum atomic E-state index is 0. The average molecular weight is 371 g/mol. The van der Waals surface area contributed by atoms with E-state index in [0.29, 0.717) is 0 Å². The third kappa shape index (κ3) is 17.7. The van der Waals surface area contributed by atoms with Crippen LogP contribution in [0.2, 0.25) is 0 Å². The fourth-order valence-corrected chi connectivity index (χ4v) is 0. The van der Waals surface area contributed by atoms with E-state index in [2.05, 4.69) is 0 Å². The van der Waals surface area contributed by atoms with Crippen LogP contribution in [-0.4, -0.2) is 89.1 Å². The Morgan fingerprint density at radius 3 is 1.00 bits per heavy atom. The SMILES string of the molecule is [Ca].[Ce].[Fe].[K].[Mo]. The Bertz CT molecular complexity index is 11.6. The average Bonchev–Trinajstić information content (AvgIpc) is 0. The molecular formula is CaCeFeKMo. The van der Waals surface area contributed by atoms with Crippen molar-refractivity contribution in [2.24, 2.45) is 0 Å². The Labute approximate surface area is 163 Å². The molecule has 0 amide bonds. The van der Waals surface area contributed by atoms with Gasteiger partial charge in [-0.05, 0) is 0 Å². The van der Waals surface area contributed by atoms with Gasteiger partial charge in [0.1, 0.15) is 0 Å². The first-order valence-corrected chi connectivity index (χ1v) is 0. The molecule has 0 aliphatic rings. The van der Waals surface area contributed by atoms with E-state index in [0.717, 1.165) is 0 Å². The molecule has 21 valence electrons. The molecule has 5 heavy (non-hydrogen) atoms. The predicted molar refractivity (Wildman–Crippen MR) is 11.5 cm³/mol. The van der Waals surface area contributed by atoms with Gasteiger partial charge in [0.15, 0.2) is 0 Å². The van der Waals surface area contributed by atoms with Crippen LogP contribution in [0.1, 0.15) is 0 Å². The fraction of sp³-hybridized carbons (Fsp3) is 0. The molecule has 0 N–H and O–H groups in total.